The van der Waals surface area contributed by atoms with Crippen molar-refractivity contribution in [2.24, 2.45) is 0 Å². The molecular weight excluding hydrogens is 372 g/mol. The van der Waals surface area contributed by atoms with Crippen LogP contribution in [0.2, 0.25) is 0 Å². The third kappa shape index (κ3) is 5.01. The van der Waals surface area contributed by atoms with Crippen LogP contribution < -0.4 is 0 Å². The lowest BCUT2D eigenvalue weighted by molar-refractivity contribution is -0.0682. The van der Waals surface area contributed by atoms with E-state index >= 15 is 0 Å². The van der Waals surface area contributed by atoms with E-state index in [-0.39, 0.29) is 24.8 Å². The van der Waals surface area contributed by atoms with Gasteiger partial charge in [0.1, 0.15) is 11.2 Å². The molecule has 2 heterocycles. The first-order valence-corrected chi connectivity index (χ1v) is 10.4. The van der Waals surface area contributed by atoms with Gasteiger partial charge in [0, 0.05) is 32.7 Å². The van der Waals surface area contributed by atoms with Crippen LogP contribution in [0.25, 0.3) is 0 Å². The van der Waals surface area contributed by atoms with Gasteiger partial charge in [-0.25, -0.2) is 9.59 Å². The minimum atomic E-state index is -0.707. The highest BCUT2D eigenvalue weighted by atomic mass is 16.6. The Morgan fingerprint density at radius 2 is 2.00 bits per heavy atom. The second kappa shape index (κ2) is 8.61. The van der Waals surface area contributed by atoms with Crippen molar-refractivity contribution in [2.45, 2.75) is 63.7 Å². The number of hydrogen-bond acceptors (Lipinski definition) is 5. The minimum Gasteiger partial charge on any atom is -0.444 e. The highest BCUT2D eigenvalue weighted by molar-refractivity contribution is 5.71. The monoisotopic (exact) mass is 404 g/mol. The minimum absolute atomic E-state index is 0.0589. The molecule has 0 radical (unpaired) electrons. The Hall–Kier alpha value is -2.28. The summed E-state index contributed by atoms with van der Waals surface area (Å²) in [5, 5.41) is 9.31. The maximum absolute atomic E-state index is 12.9. The van der Waals surface area contributed by atoms with E-state index in [0.29, 0.717) is 45.3 Å². The van der Waals surface area contributed by atoms with Crippen LogP contribution >= 0.6 is 0 Å². The van der Waals surface area contributed by atoms with E-state index in [1.807, 2.05) is 51.1 Å². The van der Waals surface area contributed by atoms with Crippen LogP contribution in [0.1, 0.15) is 52.0 Å². The molecule has 0 aliphatic carbocycles. The van der Waals surface area contributed by atoms with Crippen molar-refractivity contribution in [2.75, 3.05) is 26.2 Å². The topological polar surface area (TPSA) is 79.3 Å². The molecule has 1 unspecified atom stereocenters. The number of carbonyl (C=O) groups is 2. The van der Waals surface area contributed by atoms with E-state index in [1.54, 1.807) is 9.80 Å². The molecule has 2 aliphatic heterocycles. The van der Waals surface area contributed by atoms with Crippen LogP contribution in [0.5, 0.6) is 0 Å². The van der Waals surface area contributed by atoms with Crippen molar-refractivity contribution in [1.82, 2.24) is 9.80 Å². The van der Waals surface area contributed by atoms with Crippen LogP contribution in [0.15, 0.2) is 30.3 Å². The normalized spacial score (nSPS) is 25.1. The van der Waals surface area contributed by atoms with Crippen molar-refractivity contribution in [3.63, 3.8) is 0 Å². The van der Waals surface area contributed by atoms with Crippen LogP contribution in [-0.2, 0) is 15.1 Å². The van der Waals surface area contributed by atoms with E-state index in [4.69, 9.17) is 9.47 Å². The zero-order valence-electron chi connectivity index (χ0n) is 17.6. The quantitative estimate of drug-likeness (QED) is 0.812. The van der Waals surface area contributed by atoms with E-state index in [2.05, 4.69) is 0 Å². The molecule has 2 saturated heterocycles. The number of likely N-dealkylation sites (tertiary alicyclic amines) is 1. The van der Waals surface area contributed by atoms with Gasteiger partial charge in [-0.2, -0.15) is 0 Å². The fourth-order valence-electron chi connectivity index (χ4n) is 4.12. The second-order valence-corrected chi connectivity index (χ2v) is 8.87. The number of carbonyl (C=O) groups excluding carboxylic acids is 2. The van der Waals surface area contributed by atoms with Gasteiger partial charge in [-0.1, -0.05) is 30.3 Å². The number of ether oxygens (including phenoxy) is 2. The van der Waals surface area contributed by atoms with E-state index < -0.39 is 11.2 Å². The molecule has 1 aromatic rings. The fraction of sp³-hybridized carbons (Fsp3) is 0.636. The largest absolute Gasteiger partial charge is 0.444 e. The van der Waals surface area contributed by atoms with Crippen molar-refractivity contribution in [1.29, 1.82) is 0 Å². The average Bonchev–Trinajstić information content (AvgIpc) is 3.16. The number of rotatable bonds is 5. The summed E-state index contributed by atoms with van der Waals surface area (Å²) < 4.78 is 11.5. The summed E-state index contributed by atoms with van der Waals surface area (Å²) >= 11 is 0. The standard InChI is InChI=1S/C22H32N2O5/c1-21(2,3)28-19(26)23-13-10-18(16-23)24-14-12-22(11-7-15-25,29-20(24)27)17-8-5-4-6-9-17/h4-6,8-9,18,25H,7,10-16H2,1-3H3/t18-,22?/m1/s1. The summed E-state index contributed by atoms with van der Waals surface area (Å²) in [5.74, 6) is 0. The molecule has 160 valence electrons. The Bertz CT molecular complexity index is 718. The third-order valence-electron chi connectivity index (χ3n) is 5.57. The van der Waals surface area contributed by atoms with Gasteiger partial charge < -0.3 is 24.4 Å². The Morgan fingerprint density at radius 1 is 1.28 bits per heavy atom. The third-order valence-corrected chi connectivity index (χ3v) is 5.57. The van der Waals surface area contributed by atoms with Crippen LogP contribution in [0, 0.1) is 0 Å². The number of cyclic esters (lactones) is 1. The van der Waals surface area contributed by atoms with Gasteiger partial charge in [-0.05, 0) is 45.6 Å². The molecule has 1 N–H and O–H groups in total. The zero-order valence-corrected chi connectivity index (χ0v) is 17.6. The first-order chi connectivity index (χ1) is 13.7. The molecule has 2 atom stereocenters. The predicted octanol–water partition coefficient (Wildman–Crippen LogP) is 3.51. The van der Waals surface area contributed by atoms with Crippen LogP contribution in [0.4, 0.5) is 9.59 Å². The van der Waals surface area contributed by atoms with Gasteiger partial charge in [-0.3, -0.25) is 0 Å². The molecule has 7 nitrogen and oxygen atoms in total. The summed E-state index contributed by atoms with van der Waals surface area (Å²) in [7, 11) is 0. The molecule has 2 aliphatic rings. The highest BCUT2D eigenvalue weighted by Gasteiger charge is 2.45. The molecule has 0 bridgehead atoms. The number of hydrogen-bond donors (Lipinski definition) is 1. The summed E-state index contributed by atoms with van der Waals surface area (Å²) in [6.07, 6.45) is 1.83. The summed E-state index contributed by atoms with van der Waals surface area (Å²) in [5.41, 5.74) is -0.286. The van der Waals surface area contributed by atoms with Gasteiger partial charge in [0.25, 0.3) is 0 Å². The predicted molar refractivity (Wildman–Crippen MR) is 108 cm³/mol. The van der Waals surface area contributed by atoms with Gasteiger partial charge in [0.2, 0.25) is 0 Å². The van der Waals surface area contributed by atoms with Gasteiger partial charge >= 0.3 is 12.2 Å². The molecule has 0 aromatic heterocycles. The second-order valence-electron chi connectivity index (χ2n) is 8.87. The first-order valence-electron chi connectivity index (χ1n) is 10.4. The van der Waals surface area contributed by atoms with Crippen molar-refractivity contribution in [3.8, 4) is 0 Å². The summed E-state index contributed by atoms with van der Waals surface area (Å²) in [6, 6.07) is 9.68. The number of aliphatic hydroxyl groups excluding tert-OH is 1. The number of amides is 2. The summed E-state index contributed by atoms with van der Waals surface area (Å²) in [4.78, 5) is 28.7. The number of benzene rings is 1. The SMILES string of the molecule is CC(C)(C)OC(=O)N1CC[C@@H](N2CCC(CCCO)(c3ccccc3)OC2=O)C1. The molecule has 1 aromatic carbocycles. The van der Waals surface area contributed by atoms with Crippen LogP contribution in [0.3, 0.4) is 0 Å². The smallest absolute Gasteiger partial charge is 0.410 e. The molecule has 29 heavy (non-hydrogen) atoms. The van der Waals surface area contributed by atoms with E-state index in [1.165, 1.54) is 0 Å². The number of aliphatic hydroxyl groups is 1. The molecule has 0 spiro atoms. The van der Waals surface area contributed by atoms with Crippen molar-refractivity contribution >= 4 is 12.2 Å². The Balaban J connectivity index is 1.66. The summed E-state index contributed by atoms with van der Waals surface area (Å²) in [6.45, 7) is 7.17. The zero-order chi connectivity index (χ0) is 21.1. The van der Waals surface area contributed by atoms with Gasteiger partial charge in [-0.15, -0.1) is 0 Å². The lowest BCUT2D eigenvalue weighted by Gasteiger charge is -2.43. The fourth-order valence-corrected chi connectivity index (χ4v) is 4.12. The Kier molecular flexibility index (Phi) is 6.36. The Labute approximate surface area is 172 Å². The molecular formula is C22H32N2O5. The first kappa shape index (κ1) is 21.4. The van der Waals surface area contributed by atoms with E-state index in [0.717, 1.165) is 5.56 Å². The van der Waals surface area contributed by atoms with Crippen molar-refractivity contribution < 1.29 is 24.2 Å². The van der Waals surface area contributed by atoms with Crippen LogP contribution in [-0.4, -0.2) is 65.0 Å². The molecule has 2 amide bonds. The Morgan fingerprint density at radius 3 is 2.62 bits per heavy atom. The molecule has 0 saturated carbocycles. The lowest BCUT2D eigenvalue weighted by atomic mass is 9.84. The maximum atomic E-state index is 12.9. The van der Waals surface area contributed by atoms with Crippen molar-refractivity contribution in [3.05, 3.63) is 35.9 Å². The number of nitrogens with zero attached hydrogens (tertiary/aromatic N) is 2. The lowest BCUT2D eigenvalue weighted by Crippen LogP contribution is -2.52. The molecule has 2 fully saturated rings. The van der Waals surface area contributed by atoms with Gasteiger partial charge in [0.05, 0.1) is 6.04 Å². The molecule has 3 rings (SSSR count). The van der Waals surface area contributed by atoms with E-state index in [9.17, 15) is 14.7 Å². The average molecular weight is 405 g/mol. The maximum Gasteiger partial charge on any atom is 0.410 e. The van der Waals surface area contributed by atoms with Gasteiger partial charge in [0.15, 0.2) is 0 Å². The highest BCUT2D eigenvalue weighted by Crippen LogP contribution is 2.39. The molecule has 7 heteroatoms.